The van der Waals surface area contributed by atoms with E-state index < -0.39 is 10.4 Å². The van der Waals surface area contributed by atoms with Crippen molar-refractivity contribution in [2.24, 2.45) is 0 Å². The summed E-state index contributed by atoms with van der Waals surface area (Å²) in [5.41, 5.74) is 6.18. The zero-order chi connectivity index (χ0) is 18.1. The van der Waals surface area contributed by atoms with E-state index in [4.69, 9.17) is 5.73 Å². The molecule has 1 aromatic carbocycles. The summed E-state index contributed by atoms with van der Waals surface area (Å²) in [6, 6.07) is 9.49. The standard InChI is InChI=1S/C12H26O4S.C6H7N.Na/c1-2-3-4-5-6-7-8-9-10-11-12-16-17(13,14)15;7-6-4-2-1-3-5-6;/h2-12H2,1H3,(H,13,14,15);1-5H,7H2;/q;;+1/p-1. The van der Waals surface area contributed by atoms with E-state index in [9.17, 15) is 13.0 Å². The zero-order valence-electron chi connectivity index (χ0n) is 15.8. The molecule has 0 spiro atoms. The molecule has 5 nitrogen and oxygen atoms in total. The summed E-state index contributed by atoms with van der Waals surface area (Å²) >= 11 is 0. The number of rotatable bonds is 12. The second kappa shape index (κ2) is 18.7. The van der Waals surface area contributed by atoms with Crippen LogP contribution in [0.25, 0.3) is 0 Å². The quantitative estimate of drug-likeness (QED) is 0.195. The van der Waals surface area contributed by atoms with Gasteiger partial charge in [0.1, 0.15) is 0 Å². The summed E-state index contributed by atoms with van der Waals surface area (Å²) in [5, 5.41) is 0. The minimum atomic E-state index is -4.48. The van der Waals surface area contributed by atoms with Crippen LogP contribution in [0.15, 0.2) is 30.3 Å². The van der Waals surface area contributed by atoms with Crippen LogP contribution >= 0.6 is 0 Å². The predicted octanol–water partition coefficient (Wildman–Crippen LogP) is 1.66. The van der Waals surface area contributed by atoms with Crippen molar-refractivity contribution in [1.29, 1.82) is 0 Å². The Balaban J connectivity index is 0. The number of hydrogen-bond acceptors (Lipinski definition) is 5. The fourth-order valence-electron chi connectivity index (χ4n) is 2.20. The van der Waals surface area contributed by atoms with Crippen molar-refractivity contribution in [2.75, 3.05) is 12.3 Å². The molecule has 0 unspecified atom stereocenters. The summed E-state index contributed by atoms with van der Waals surface area (Å²) in [7, 11) is -4.48. The first-order chi connectivity index (χ1) is 11.5. The average molecular weight is 382 g/mol. The molecule has 0 bridgehead atoms. The van der Waals surface area contributed by atoms with Crippen LogP contribution in [-0.2, 0) is 14.6 Å². The molecule has 0 aliphatic carbocycles. The molecular formula is C18H32NNaO4S. The number of hydrogen-bond donors (Lipinski definition) is 1. The maximum atomic E-state index is 10.1. The van der Waals surface area contributed by atoms with Crippen LogP contribution in [0.1, 0.15) is 71.1 Å². The Morgan fingerprint density at radius 2 is 1.32 bits per heavy atom. The van der Waals surface area contributed by atoms with Crippen molar-refractivity contribution in [1.82, 2.24) is 0 Å². The molecule has 1 rings (SSSR count). The van der Waals surface area contributed by atoms with Crippen LogP contribution in [0.5, 0.6) is 0 Å². The molecule has 1 aromatic rings. The molecular weight excluding hydrogens is 349 g/mol. The van der Waals surface area contributed by atoms with Gasteiger partial charge < -0.3 is 10.3 Å². The predicted molar refractivity (Wildman–Crippen MR) is 98.3 cm³/mol. The molecule has 140 valence electrons. The number of nitrogen functional groups attached to an aromatic ring is 1. The normalized spacial score (nSPS) is 10.5. The van der Waals surface area contributed by atoms with E-state index in [-0.39, 0.29) is 36.2 Å². The first-order valence-electron chi connectivity index (χ1n) is 8.86. The van der Waals surface area contributed by atoms with E-state index in [0.717, 1.165) is 18.5 Å². The van der Waals surface area contributed by atoms with Crippen LogP contribution in [0.4, 0.5) is 5.69 Å². The van der Waals surface area contributed by atoms with E-state index in [1.54, 1.807) is 0 Å². The molecule has 2 N–H and O–H groups in total. The van der Waals surface area contributed by atoms with Gasteiger partial charge >= 0.3 is 29.6 Å². The fourth-order valence-corrected chi connectivity index (χ4v) is 2.53. The second-order valence-electron chi connectivity index (χ2n) is 5.82. The molecule has 0 heterocycles. The van der Waals surface area contributed by atoms with E-state index >= 15 is 0 Å². The summed E-state index contributed by atoms with van der Waals surface area (Å²) in [5.74, 6) is 0. The molecule has 0 fully saturated rings. The van der Waals surface area contributed by atoms with E-state index in [0.29, 0.717) is 6.42 Å². The topological polar surface area (TPSA) is 92.5 Å². The zero-order valence-corrected chi connectivity index (χ0v) is 18.6. The van der Waals surface area contributed by atoms with Gasteiger partial charge in [-0.25, -0.2) is 8.42 Å². The summed E-state index contributed by atoms with van der Waals surface area (Å²) in [4.78, 5) is 0. The third-order valence-electron chi connectivity index (χ3n) is 3.53. The third-order valence-corrected chi connectivity index (χ3v) is 3.98. The van der Waals surface area contributed by atoms with E-state index in [2.05, 4.69) is 11.1 Å². The third kappa shape index (κ3) is 23.9. The first kappa shape index (κ1) is 27.1. The number of unbranched alkanes of at least 4 members (excludes halogenated alkanes) is 9. The average Bonchev–Trinajstić information content (AvgIpc) is 2.53. The summed E-state index contributed by atoms with van der Waals surface area (Å²) < 4.78 is 34.5. The summed E-state index contributed by atoms with van der Waals surface area (Å²) in [6.45, 7) is 2.24. The Morgan fingerprint density at radius 3 is 1.68 bits per heavy atom. The Kier molecular flexibility index (Phi) is 20.3. The van der Waals surface area contributed by atoms with Gasteiger partial charge in [-0.2, -0.15) is 0 Å². The largest absolute Gasteiger partial charge is 1.00 e. The molecule has 0 atom stereocenters. The number of anilines is 1. The molecule has 0 saturated carbocycles. The van der Waals surface area contributed by atoms with Crippen molar-refractivity contribution in [3.8, 4) is 0 Å². The number of benzene rings is 1. The van der Waals surface area contributed by atoms with Crippen molar-refractivity contribution >= 4 is 16.1 Å². The van der Waals surface area contributed by atoms with Crippen LogP contribution in [0.3, 0.4) is 0 Å². The molecule has 0 aliphatic heterocycles. The van der Waals surface area contributed by atoms with Crippen molar-refractivity contribution in [3.05, 3.63) is 30.3 Å². The van der Waals surface area contributed by atoms with Crippen molar-refractivity contribution in [3.63, 3.8) is 0 Å². The molecule has 0 amide bonds. The van der Waals surface area contributed by atoms with Gasteiger partial charge in [0.05, 0.1) is 6.61 Å². The Hall–Kier alpha value is -0.110. The van der Waals surface area contributed by atoms with Crippen LogP contribution < -0.4 is 35.3 Å². The van der Waals surface area contributed by atoms with Gasteiger partial charge in [0.2, 0.25) is 10.4 Å². The molecule has 0 aliphatic rings. The SMILES string of the molecule is CCCCCCCCCCCCOS(=O)(=O)[O-].Nc1ccccc1.[Na+]. The monoisotopic (exact) mass is 381 g/mol. The summed E-state index contributed by atoms with van der Waals surface area (Å²) in [6.07, 6.45) is 11.7. The Bertz CT molecular complexity index is 483. The number of para-hydroxylation sites is 1. The smallest absolute Gasteiger partial charge is 0.726 e. The first-order valence-corrected chi connectivity index (χ1v) is 10.2. The van der Waals surface area contributed by atoms with Crippen LogP contribution in [0, 0.1) is 0 Å². The molecule has 0 aromatic heterocycles. The maximum absolute atomic E-state index is 10.1. The molecule has 25 heavy (non-hydrogen) atoms. The van der Waals surface area contributed by atoms with E-state index in [1.165, 1.54) is 44.9 Å². The minimum absolute atomic E-state index is 0. The molecule has 7 heteroatoms. The minimum Gasteiger partial charge on any atom is -0.726 e. The Morgan fingerprint density at radius 1 is 0.880 bits per heavy atom. The van der Waals surface area contributed by atoms with Gasteiger partial charge in [0.25, 0.3) is 0 Å². The second-order valence-corrected chi connectivity index (χ2v) is 6.88. The van der Waals surface area contributed by atoms with Crippen LogP contribution in [-0.4, -0.2) is 19.6 Å². The number of nitrogens with two attached hydrogens (primary N) is 1. The van der Waals surface area contributed by atoms with E-state index in [1.807, 2.05) is 30.3 Å². The van der Waals surface area contributed by atoms with Gasteiger partial charge in [-0.15, -0.1) is 0 Å². The van der Waals surface area contributed by atoms with Crippen LogP contribution in [0.2, 0.25) is 0 Å². The molecule has 0 saturated heterocycles. The fraction of sp³-hybridized carbons (Fsp3) is 0.667. The van der Waals surface area contributed by atoms with Gasteiger partial charge in [-0.3, -0.25) is 4.18 Å². The maximum Gasteiger partial charge on any atom is 1.00 e. The van der Waals surface area contributed by atoms with Crippen molar-refractivity contribution < 1.29 is 46.7 Å². The van der Waals surface area contributed by atoms with Gasteiger partial charge in [-0.1, -0.05) is 82.9 Å². The van der Waals surface area contributed by atoms with Gasteiger partial charge in [-0.05, 0) is 18.6 Å². The van der Waals surface area contributed by atoms with Gasteiger partial charge in [0.15, 0.2) is 0 Å². The van der Waals surface area contributed by atoms with Gasteiger partial charge in [0, 0.05) is 5.69 Å². The van der Waals surface area contributed by atoms with Crippen molar-refractivity contribution in [2.45, 2.75) is 71.1 Å². The Labute approximate surface area is 176 Å². The molecule has 0 radical (unpaired) electrons.